The van der Waals surface area contributed by atoms with Crippen LogP contribution in [-0.4, -0.2) is 45.8 Å². The third-order valence-corrected chi connectivity index (χ3v) is 2.59. The summed E-state index contributed by atoms with van der Waals surface area (Å²) in [6, 6.07) is 0. The zero-order valence-electron chi connectivity index (χ0n) is 8.30. The molecule has 1 fully saturated rings. The summed E-state index contributed by atoms with van der Waals surface area (Å²) in [4.78, 5) is 12.5. The molecule has 15 heavy (non-hydrogen) atoms. The third-order valence-electron chi connectivity index (χ3n) is 2.59. The lowest BCUT2D eigenvalue weighted by Crippen LogP contribution is -2.49. The van der Waals surface area contributed by atoms with Crippen LogP contribution >= 0.6 is 0 Å². The molecule has 2 aromatic heterocycles. The van der Waals surface area contributed by atoms with Crippen LogP contribution in [-0.2, 0) is 0 Å². The first-order chi connectivity index (χ1) is 7.45. The van der Waals surface area contributed by atoms with Crippen LogP contribution in [0.15, 0.2) is 18.9 Å². The minimum atomic E-state index is 0.844. The molecule has 1 aliphatic rings. The molecule has 1 N–H and O–H groups in total. The quantitative estimate of drug-likeness (QED) is 0.670. The zero-order valence-corrected chi connectivity index (χ0v) is 8.30. The molecule has 78 valence electrons. The number of hydrogen-bond acceptors (Lipinski definition) is 5. The van der Waals surface area contributed by atoms with Gasteiger partial charge in [0.05, 0.1) is 6.20 Å². The van der Waals surface area contributed by atoms with Crippen LogP contribution in [0.3, 0.4) is 0 Å². The number of piperazine rings is 1. The molecule has 0 saturated carbocycles. The molecule has 6 heteroatoms. The highest BCUT2D eigenvalue weighted by molar-refractivity contribution is 5.69. The number of aromatic nitrogens is 4. The van der Waals surface area contributed by atoms with Crippen LogP contribution in [0.1, 0.15) is 0 Å². The standard InChI is InChI=1S/C9H12N6/c1-3-14(4-2-10-1)15-7-13-8-5-11-6-12-9(8)15/h5-7,10H,1-4H2. The van der Waals surface area contributed by atoms with Gasteiger partial charge in [0.2, 0.25) is 0 Å². The maximum atomic E-state index is 4.27. The summed E-state index contributed by atoms with van der Waals surface area (Å²) in [7, 11) is 0. The molecule has 0 spiro atoms. The average Bonchev–Trinajstić information content (AvgIpc) is 2.74. The van der Waals surface area contributed by atoms with E-state index >= 15 is 0 Å². The van der Waals surface area contributed by atoms with Crippen molar-refractivity contribution < 1.29 is 0 Å². The first-order valence-corrected chi connectivity index (χ1v) is 5.04. The fourth-order valence-electron chi connectivity index (χ4n) is 1.83. The highest BCUT2D eigenvalue weighted by atomic mass is 15.6. The van der Waals surface area contributed by atoms with E-state index in [0.29, 0.717) is 0 Å². The number of nitrogens with zero attached hydrogens (tertiary/aromatic N) is 5. The Kier molecular flexibility index (Phi) is 1.99. The van der Waals surface area contributed by atoms with E-state index in [1.54, 1.807) is 12.5 Å². The third kappa shape index (κ3) is 1.42. The Bertz CT molecular complexity index is 458. The zero-order chi connectivity index (χ0) is 10.1. The number of fused-ring (bicyclic) bond motifs is 1. The lowest BCUT2D eigenvalue weighted by Gasteiger charge is -2.29. The van der Waals surface area contributed by atoms with Crippen LogP contribution in [0.5, 0.6) is 0 Å². The fourth-order valence-corrected chi connectivity index (χ4v) is 1.83. The second-order valence-corrected chi connectivity index (χ2v) is 3.52. The summed E-state index contributed by atoms with van der Waals surface area (Å²) >= 11 is 0. The molecule has 3 heterocycles. The van der Waals surface area contributed by atoms with Crippen LogP contribution in [0, 0.1) is 0 Å². The minimum Gasteiger partial charge on any atom is -0.313 e. The maximum Gasteiger partial charge on any atom is 0.182 e. The van der Waals surface area contributed by atoms with Crippen molar-refractivity contribution in [2.75, 3.05) is 31.2 Å². The topological polar surface area (TPSA) is 58.9 Å². The first-order valence-electron chi connectivity index (χ1n) is 5.04. The van der Waals surface area contributed by atoms with Gasteiger partial charge in [-0.15, -0.1) is 0 Å². The lowest BCUT2D eigenvalue weighted by molar-refractivity contribution is 0.496. The molecule has 0 aromatic carbocycles. The monoisotopic (exact) mass is 204 g/mol. The van der Waals surface area contributed by atoms with Gasteiger partial charge in [-0.2, -0.15) is 0 Å². The van der Waals surface area contributed by atoms with E-state index in [2.05, 4.69) is 25.3 Å². The largest absolute Gasteiger partial charge is 0.313 e. The van der Waals surface area contributed by atoms with Gasteiger partial charge in [0.25, 0.3) is 0 Å². The van der Waals surface area contributed by atoms with Crippen molar-refractivity contribution >= 4 is 11.2 Å². The smallest absolute Gasteiger partial charge is 0.182 e. The number of nitrogens with one attached hydrogen (secondary N) is 1. The molecule has 3 rings (SSSR count). The summed E-state index contributed by atoms with van der Waals surface area (Å²) < 4.78 is 2.01. The van der Waals surface area contributed by atoms with Crippen molar-refractivity contribution in [2.24, 2.45) is 0 Å². The molecular formula is C9H12N6. The Morgan fingerprint density at radius 1 is 1.20 bits per heavy atom. The van der Waals surface area contributed by atoms with E-state index in [1.165, 1.54) is 0 Å². The summed E-state index contributed by atoms with van der Waals surface area (Å²) in [5.74, 6) is 0. The summed E-state index contributed by atoms with van der Waals surface area (Å²) in [5.41, 5.74) is 1.72. The van der Waals surface area contributed by atoms with Gasteiger partial charge in [-0.1, -0.05) is 0 Å². The Labute approximate surface area is 86.9 Å². The summed E-state index contributed by atoms with van der Waals surface area (Å²) in [6.45, 7) is 3.97. The van der Waals surface area contributed by atoms with Gasteiger partial charge in [-0.05, 0) is 0 Å². The molecule has 0 radical (unpaired) electrons. The molecule has 0 aliphatic carbocycles. The van der Waals surface area contributed by atoms with Gasteiger partial charge in [-0.3, -0.25) is 0 Å². The van der Waals surface area contributed by atoms with E-state index in [-0.39, 0.29) is 0 Å². The van der Waals surface area contributed by atoms with Gasteiger partial charge in [0, 0.05) is 26.2 Å². The molecule has 1 saturated heterocycles. The van der Waals surface area contributed by atoms with Crippen molar-refractivity contribution in [3.05, 3.63) is 18.9 Å². The van der Waals surface area contributed by atoms with Gasteiger partial charge < -0.3 is 10.3 Å². The van der Waals surface area contributed by atoms with Crippen LogP contribution in [0.4, 0.5) is 0 Å². The van der Waals surface area contributed by atoms with Crippen molar-refractivity contribution in [3.63, 3.8) is 0 Å². The van der Waals surface area contributed by atoms with E-state index in [4.69, 9.17) is 0 Å². The Balaban J connectivity index is 2.02. The molecule has 0 atom stereocenters. The molecule has 0 unspecified atom stereocenters. The molecule has 2 aromatic rings. The fraction of sp³-hybridized carbons (Fsp3) is 0.444. The van der Waals surface area contributed by atoms with Crippen molar-refractivity contribution in [1.29, 1.82) is 0 Å². The summed E-state index contributed by atoms with van der Waals surface area (Å²) in [5, 5.41) is 5.55. The lowest BCUT2D eigenvalue weighted by atomic mass is 10.4. The highest BCUT2D eigenvalue weighted by Gasteiger charge is 2.13. The van der Waals surface area contributed by atoms with Crippen LogP contribution in [0.2, 0.25) is 0 Å². The Hall–Kier alpha value is -1.69. The molecule has 1 aliphatic heterocycles. The number of imidazole rings is 1. The van der Waals surface area contributed by atoms with Crippen molar-refractivity contribution in [3.8, 4) is 0 Å². The van der Waals surface area contributed by atoms with E-state index in [1.807, 2.05) is 11.0 Å². The van der Waals surface area contributed by atoms with Crippen molar-refractivity contribution in [1.82, 2.24) is 24.9 Å². The predicted molar refractivity (Wildman–Crippen MR) is 56.1 cm³/mol. The highest BCUT2D eigenvalue weighted by Crippen LogP contribution is 2.08. The van der Waals surface area contributed by atoms with Crippen LogP contribution < -0.4 is 10.3 Å². The number of rotatable bonds is 1. The van der Waals surface area contributed by atoms with Crippen molar-refractivity contribution in [2.45, 2.75) is 0 Å². The average molecular weight is 204 g/mol. The molecule has 0 amide bonds. The van der Waals surface area contributed by atoms with Gasteiger partial charge in [-0.25, -0.2) is 19.6 Å². The normalized spacial score (nSPS) is 17.2. The van der Waals surface area contributed by atoms with E-state index in [0.717, 1.165) is 37.3 Å². The van der Waals surface area contributed by atoms with E-state index < -0.39 is 0 Å². The second kappa shape index (κ2) is 3.47. The van der Waals surface area contributed by atoms with Crippen LogP contribution in [0.25, 0.3) is 11.2 Å². The Morgan fingerprint density at radius 2 is 2.07 bits per heavy atom. The Morgan fingerprint density at radius 3 is 2.93 bits per heavy atom. The maximum absolute atomic E-state index is 4.27. The molecule has 0 bridgehead atoms. The minimum absolute atomic E-state index is 0.844. The predicted octanol–water partition coefficient (Wildman–Crippen LogP) is -0.632. The second-order valence-electron chi connectivity index (χ2n) is 3.52. The van der Waals surface area contributed by atoms with Gasteiger partial charge >= 0.3 is 0 Å². The molecular weight excluding hydrogens is 192 g/mol. The van der Waals surface area contributed by atoms with Gasteiger partial charge in [0.15, 0.2) is 5.65 Å². The summed E-state index contributed by atoms with van der Waals surface area (Å²) in [6.07, 6.45) is 5.11. The first kappa shape index (κ1) is 8.60. The SMILES string of the molecule is c1ncc2ncn(N3CCNCC3)c2n1. The number of hydrogen-bond donors (Lipinski definition) is 1. The molecule has 6 nitrogen and oxygen atoms in total. The van der Waals surface area contributed by atoms with Gasteiger partial charge in [0.1, 0.15) is 18.2 Å². The van der Waals surface area contributed by atoms with E-state index in [9.17, 15) is 0 Å².